The van der Waals surface area contributed by atoms with Crippen molar-refractivity contribution >= 4 is 27.5 Å². The summed E-state index contributed by atoms with van der Waals surface area (Å²) in [5.74, 6) is -0.541. The summed E-state index contributed by atoms with van der Waals surface area (Å²) in [7, 11) is -3.82. The van der Waals surface area contributed by atoms with Crippen LogP contribution in [0.5, 0.6) is 0 Å². The van der Waals surface area contributed by atoms with E-state index in [0.717, 1.165) is 30.4 Å². The van der Waals surface area contributed by atoms with Crippen LogP contribution in [0, 0.1) is 5.82 Å². The van der Waals surface area contributed by atoms with E-state index in [0.29, 0.717) is 23.8 Å². The first-order chi connectivity index (χ1) is 14.3. The molecule has 2 aliphatic rings. The molecule has 1 atom stereocenters. The van der Waals surface area contributed by atoms with E-state index < -0.39 is 33.8 Å². The van der Waals surface area contributed by atoms with Gasteiger partial charge in [0.05, 0.1) is 11.4 Å². The standard InChI is InChI=1S/C22H25FN2O4S/c1-3-10-25-21-9-8-18(12-19(21)14(2)29-22(25)26)24-30(27,28)13-17-7-6-16(11-20(17)23)15-4-5-15/h6-9,11-12,14-15,24H,3-5,10,13H2,1-2H3. The minimum Gasteiger partial charge on any atom is -0.441 e. The molecule has 4 rings (SSSR count). The summed E-state index contributed by atoms with van der Waals surface area (Å²) in [6.07, 6.45) is 1.98. The van der Waals surface area contributed by atoms with Crippen molar-refractivity contribution in [3.05, 3.63) is 58.9 Å². The number of cyclic esters (lactones) is 1. The van der Waals surface area contributed by atoms with Crippen molar-refractivity contribution in [3.63, 3.8) is 0 Å². The molecule has 2 aromatic carbocycles. The zero-order valence-corrected chi connectivity index (χ0v) is 17.8. The Morgan fingerprint density at radius 2 is 1.97 bits per heavy atom. The van der Waals surface area contributed by atoms with Crippen LogP contribution in [0.4, 0.5) is 20.6 Å². The van der Waals surface area contributed by atoms with Crippen LogP contribution < -0.4 is 9.62 Å². The highest BCUT2D eigenvalue weighted by molar-refractivity contribution is 7.91. The number of benzene rings is 2. The van der Waals surface area contributed by atoms with Crippen LogP contribution in [-0.4, -0.2) is 21.1 Å². The number of nitrogens with one attached hydrogen (secondary N) is 1. The second kappa shape index (κ2) is 7.91. The lowest BCUT2D eigenvalue weighted by molar-refractivity contribution is 0.108. The smallest absolute Gasteiger partial charge is 0.414 e. The monoisotopic (exact) mass is 432 g/mol. The number of hydrogen-bond donors (Lipinski definition) is 1. The second-order valence-electron chi connectivity index (χ2n) is 7.94. The van der Waals surface area contributed by atoms with Crippen LogP contribution in [0.2, 0.25) is 0 Å². The van der Waals surface area contributed by atoms with Crippen molar-refractivity contribution in [1.82, 2.24) is 0 Å². The van der Waals surface area contributed by atoms with Crippen LogP contribution in [0.15, 0.2) is 36.4 Å². The van der Waals surface area contributed by atoms with Gasteiger partial charge in [-0.1, -0.05) is 19.1 Å². The molecule has 1 saturated carbocycles. The minimum absolute atomic E-state index is 0.140. The van der Waals surface area contributed by atoms with E-state index in [1.807, 2.05) is 13.0 Å². The molecule has 8 heteroatoms. The van der Waals surface area contributed by atoms with Crippen molar-refractivity contribution < 1.29 is 22.3 Å². The summed E-state index contributed by atoms with van der Waals surface area (Å²) >= 11 is 0. The molecule has 0 bridgehead atoms. The van der Waals surface area contributed by atoms with Crippen LogP contribution in [0.1, 0.15) is 61.8 Å². The Hall–Kier alpha value is -2.61. The minimum atomic E-state index is -3.82. The summed E-state index contributed by atoms with van der Waals surface area (Å²) < 4.78 is 47.6. The van der Waals surface area contributed by atoms with Crippen LogP contribution in [-0.2, 0) is 20.5 Å². The molecule has 30 heavy (non-hydrogen) atoms. The summed E-state index contributed by atoms with van der Waals surface area (Å²) in [5.41, 5.74) is 2.86. The van der Waals surface area contributed by atoms with E-state index in [1.54, 1.807) is 36.1 Å². The first kappa shape index (κ1) is 20.7. The Labute approximate surface area is 176 Å². The third kappa shape index (κ3) is 4.28. The van der Waals surface area contributed by atoms with Gasteiger partial charge in [0, 0.05) is 23.4 Å². The highest BCUT2D eigenvalue weighted by atomic mass is 32.2. The van der Waals surface area contributed by atoms with Crippen molar-refractivity contribution in [1.29, 1.82) is 0 Å². The Bertz CT molecular complexity index is 1080. The zero-order valence-electron chi connectivity index (χ0n) is 17.0. The number of halogens is 1. The van der Waals surface area contributed by atoms with E-state index in [9.17, 15) is 17.6 Å². The highest BCUT2D eigenvalue weighted by Gasteiger charge is 2.30. The molecule has 0 radical (unpaired) electrons. The van der Waals surface area contributed by atoms with E-state index in [2.05, 4.69) is 4.72 Å². The number of ether oxygens (including phenoxy) is 1. The fourth-order valence-electron chi connectivity index (χ4n) is 3.77. The quantitative estimate of drug-likeness (QED) is 0.663. The molecular weight excluding hydrogens is 407 g/mol. The number of fused-ring (bicyclic) bond motifs is 1. The molecule has 1 fully saturated rings. The predicted molar refractivity (Wildman–Crippen MR) is 114 cm³/mol. The van der Waals surface area contributed by atoms with Gasteiger partial charge in [-0.05, 0) is 61.9 Å². The SMILES string of the molecule is CCCN1C(=O)OC(C)c2cc(NS(=O)(=O)Cc3ccc(C4CC4)cc3F)ccc21. The number of amides is 1. The third-order valence-electron chi connectivity index (χ3n) is 5.45. The van der Waals surface area contributed by atoms with E-state index in [-0.39, 0.29) is 5.56 Å². The molecular formula is C22H25FN2O4S. The Morgan fingerprint density at radius 3 is 2.63 bits per heavy atom. The lowest BCUT2D eigenvalue weighted by Gasteiger charge is -2.32. The zero-order chi connectivity index (χ0) is 21.5. The van der Waals surface area contributed by atoms with Gasteiger partial charge in [-0.25, -0.2) is 17.6 Å². The Kier molecular flexibility index (Phi) is 5.44. The second-order valence-corrected chi connectivity index (χ2v) is 9.66. The maximum Gasteiger partial charge on any atom is 0.414 e. The average Bonchev–Trinajstić information content (AvgIpc) is 3.52. The van der Waals surface area contributed by atoms with Crippen LogP contribution >= 0.6 is 0 Å². The highest BCUT2D eigenvalue weighted by Crippen LogP contribution is 2.40. The lowest BCUT2D eigenvalue weighted by Crippen LogP contribution is -2.37. The van der Waals surface area contributed by atoms with Crippen molar-refractivity contribution in [2.24, 2.45) is 0 Å². The van der Waals surface area contributed by atoms with Gasteiger partial charge in [0.2, 0.25) is 10.0 Å². The number of nitrogens with zero attached hydrogens (tertiary/aromatic N) is 1. The average molecular weight is 433 g/mol. The van der Waals surface area contributed by atoms with Gasteiger partial charge in [0.15, 0.2) is 0 Å². The van der Waals surface area contributed by atoms with Crippen LogP contribution in [0.25, 0.3) is 0 Å². The van der Waals surface area contributed by atoms with Crippen LogP contribution in [0.3, 0.4) is 0 Å². The number of sulfonamides is 1. The number of carbonyl (C=O) groups excluding carboxylic acids is 1. The largest absolute Gasteiger partial charge is 0.441 e. The summed E-state index contributed by atoms with van der Waals surface area (Å²) in [5, 5.41) is 0. The molecule has 1 N–H and O–H groups in total. The van der Waals surface area contributed by atoms with Gasteiger partial charge in [0.25, 0.3) is 0 Å². The lowest BCUT2D eigenvalue weighted by atomic mass is 10.0. The molecule has 1 amide bonds. The van der Waals surface area contributed by atoms with Gasteiger partial charge in [-0.2, -0.15) is 0 Å². The topological polar surface area (TPSA) is 75.7 Å². The number of carbonyl (C=O) groups is 1. The molecule has 0 saturated heterocycles. The predicted octanol–water partition coefficient (Wildman–Crippen LogP) is 5.07. The molecule has 0 aromatic heterocycles. The molecule has 0 spiro atoms. The molecule has 1 heterocycles. The van der Waals surface area contributed by atoms with Gasteiger partial charge in [0.1, 0.15) is 11.9 Å². The molecule has 160 valence electrons. The van der Waals surface area contributed by atoms with E-state index in [1.165, 1.54) is 6.07 Å². The van der Waals surface area contributed by atoms with Gasteiger partial charge in [-0.15, -0.1) is 0 Å². The maximum absolute atomic E-state index is 14.4. The van der Waals surface area contributed by atoms with Crippen molar-refractivity contribution in [2.45, 2.75) is 50.9 Å². The molecule has 1 aliphatic heterocycles. The molecule has 1 aliphatic carbocycles. The van der Waals surface area contributed by atoms with E-state index in [4.69, 9.17) is 4.74 Å². The Balaban J connectivity index is 1.53. The number of anilines is 2. The summed E-state index contributed by atoms with van der Waals surface area (Å²) in [6.45, 7) is 4.22. The molecule has 6 nitrogen and oxygen atoms in total. The summed E-state index contributed by atoms with van der Waals surface area (Å²) in [6, 6.07) is 9.79. The molecule has 1 unspecified atom stereocenters. The first-order valence-electron chi connectivity index (χ1n) is 10.2. The maximum atomic E-state index is 14.4. The molecule has 2 aromatic rings. The number of hydrogen-bond acceptors (Lipinski definition) is 4. The Morgan fingerprint density at radius 1 is 1.20 bits per heavy atom. The normalized spacial score (nSPS) is 18.7. The van der Waals surface area contributed by atoms with Crippen molar-refractivity contribution in [3.8, 4) is 0 Å². The number of rotatable bonds is 7. The van der Waals surface area contributed by atoms with Gasteiger partial charge in [-0.3, -0.25) is 9.62 Å². The fourth-order valence-corrected chi connectivity index (χ4v) is 4.97. The third-order valence-corrected chi connectivity index (χ3v) is 6.68. The first-order valence-corrected chi connectivity index (χ1v) is 11.8. The fraction of sp³-hybridized carbons (Fsp3) is 0.409. The van der Waals surface area contributed by atoms with E-state index >= 15 is 0 Å². The van der Waals surface area contributed by atoms with Crippen molar-refractivity contribution in [2.75, 3.05) is 16.2 Å². The van der Waals surface area contributed by atoms with Gasteiger partial charge < -0.3 is 4.74 Å². The van der Waals surface area contributed by atoms with Gasteiger partial charge >= 0.3 is 6.09 Å². The summed E-state index contributed by atoms with van der Waals surface area (Å²) in [4.78, 5) is 13.7.